The Morgan fingerprint density at radius 2 is 1.82 bits per heavy atom. The number of ether oxygens (including phenoxy) is 2. The number of carboxylic acids is 1. The van der Waals surface area contributed by atoms with Crippen LogP contribution in [0.4, 0.5) is 0 Å². The van der Waals surface area contributed by atoms with Crippen LogP contribution < -0.4 is 4.74 Å². The first-order valence-corrected chi connectivity index (χ1v) is 12.0. The third-order valence-corrected chi connectivity index (χ3v) is 6.54. The molecule has 0 amide bonds. The highest BCUT2D eigenvalue weighted by Crippen LogP contribution is 2.35. The average molecular weight is 451 g/mol. The normalized spacial score (nSPS) is 16.2. The number of hydrogen-bond donors (Lipinski definition) is 1. The van der Waals surface area contributed by atoms with Gasteiger partial charge in [0.05, 0.1) is 5.52 Å². The minimum absolute atomic E-state index is 0.0227. The molecule has 6 heteroatoms. The Hall–Kier alpha value is -2.83. The molecule has 3 aromatic rings. The number of fused-ring (bicyclic) bond motifs is 1. The highest BCUT2D eigenvalue weighted by Gasteiger charge is 2.24. The zero-order valence-electron chi connectivity index (χ0n) is 19.6. The van der Waals surface area contributed by atoms with E-state index in [1.165, 1.54) is 16.5 Å². The number of hydrogen-bond acceptors (Lipinski definition) is 4. The van der Waals surface area contributed by atoms with Crippen molar-refractivity contribution in [3.05, 3.63) is 65.9 Å². The van der Waals surface area contributed by atoms with Gasteiger partial charge in [-0.2, -0.15) is 0 Å². The maximum atomic E-state index is 11.3. The summed E-state index contributed by atoms with van der Waals surface area (Å²) in [5, 5.41) is 10.6. The highest BCUT2D eigenvalue weighted by molar-refractivity contribution is 5.90. The van der Waals surface area contributed by atoms with E-state index in [0.29, 0.717) is 18.3 Å². The monoisotopic (exact) mass is 450 g/mol. The Morgan fingerprint density at radius 3 is 2.58 bits per heavy atom. The van der Waals surface area contributed by atoms with Crippen LogP contribution in [0.1, 0.15) is 61.2 Å². The van der Waals surface area contributed by atoms with Crippen molar-refractivity contribution in [3.63, 3.8) is 0 Å². The molecule has 0 bridgehead atoms. The van der Waals surface area contributed by atoms with Crippen LogP contribution in [0.3, 0.4) is 0 Å². The summed E-state index contributed by atoms with van der Waals surface area (Å²) in [5.41, 5.74) is 2.87. The van der Waals surface area contributed by atoms with Crippen molar-refractivity contribution in [2.24, 2.45) is 0 Å². The van der Waals surface area contributed by atoms with Gasteiger partial charge in [-0.1, -0.05) is 37.3 Å². The van der Waals surface area contributed by atoms with Gasteiger partial charge >= 0.3 is 5.97 Å². The largest absolute Gasteiger partial charge is 0.491 e. The van der Waals surface area contributed by atoms with Gasteiger partial charge in [-0.05, 0) is 69.0 Å². The Kier molecular flexibility index (Phi) is 7.68. The number of rotatable bonds is 10. The Labute approximate surface area is 195 Å². The molecular weight excluding hydrogens is 416 g/mol. The van der Waals surface area contributed by atoms with E-state index in [1.807, 2.05) is 0 Å². The molecule has 1 N–H and O–H groups in total. The van der Waals surface area contributed by atoms with Crippen molar-refractivity contribution in [2.45, 2.75) is 45.3 Å². The fourth-order valence-corrected chi connectivity index (χ4v) is 4.75. The smallest absolute Gasteiger partial charge is 0.339 e. The second kappa shape index (κ2) is 10.9. The molecule has 33 heavy (non-hydrogen) atoms. The molecule has 2 aromatic carbocycles. The summed E-state index contributed by atoms with van der Waals surface area (Å²) in [6, 6.07) is 15.5. The maximum Gasteiger partial charge on any atom is 0.339 e. The molecule has 1 saturated heterocycles. The summed E-state index contributed by atoms with van der Waals surface area (Å²) in [4.78, 5) is 13.8. The van der Waals surface area contributed by atoms with Crippen molar-refractivity contribution in [1.29, 1.82) is 0 Å². The standard InChI is InChI=1S/C27H34N2O4/c1-3-17-32-20(2)29-19-24(22-8-4-6-10-25(22)29)21-12-14-28(15-13-21)16-18-33-26-11-7-5-9-23(26)27(30)31/h4-11,19-21H,3,12-18H2,1-2H3,(H,30,31). The van der Waals surface area contributed by atoms with Crippen molar-refractivity contribution < 1.29 is 19.4 Å². The van der Waals surface area contributed by atoms with Gasteiger partial charge in [-0.15, -0.1) is 0 Å². The predicted octanol–water partition coefficient (Wildman–Crippen LogP) is 5.54. The summed E-state index contributed by atoms with van der Waals surface area (Å²) < 4.78 is 14.1. The lowest BCUT2D eigenvalue weighted by molar-refractivity contribution is 0.0196. The summed E-state index contributed by atoms with van der Waals surface area (Å²) in [6.45, 7) is 8.32. The van der Waals surface area contributed by atoms with E-state index in [1.54, 1.807) is 24.3 Å². The molecule has 0 radical (unpaired) electrons. The minimum atomic E-state index is -0.958. The molecule has 0 saturated carbocycles. The number of likely N-dealkylation sites (tertiary alicyclic amines) is 1. The molecule has 6 nitrogen and oxygen atoms in total. The number of para-hydroxylation sites is 2. The van der Waals surface area contributed by atoms with E-state index in [2.05, 4.69) is 53.8 Å². The van der Waals surface area contributed by atoms with E-state index >= 15 is 0 Å². The van der Waals surface area contributed by atoms with Crippen LogP contribution in [0.5, 0.6) is 5.75 Å². The number of carbonyl (C=O) groups is 1. The maximum absolute atomic E-state index is 11.3. The molecule has 1 aromatic heterocycles. The molecular formula is C27H34N2O4. The van der Waals surface area contributed by atoms with E-state index in [4.69, 9.17) is 9.47 Å². The second-order valence-electron chi connectivity index (χ2n) is 8.74. The molecule has 4 rings (SSSR count). The number of benzene rings is 2. The van der Waals surface area contributed by atoms with Crippen molar-refractivity contribution in [1.82, 2.24) is 9.47 Å². The number of nitrogens with zero attached hydrogens (tertiary/aromatic N) is 2. The fraction of sp³-hybridized carbons (Fsp3) is 0.444. The molecule has 2 heterocycles. The van der Waals surface area contributed by atoms with Gasteiger partial charge in [0.25, 0.3) is 0 Å². The molecule has 0 aliphatic carbocycles. The first-order valence-electron chi connectivity index (χ1n) is 12.0. The zero-order valence-corrected chi connectivity index (χ0v) is 19.6. The van der Waals surface area contributed by atoms with Crippen LogP contribution in [0, 0.1) is 0 Å². The molecule has 176 valence electrons. The Morgan fingerprint density at radius 1 is 1.09 bits per heavy atom. The molecule has 1 unspecified atom stereocenters. The first-order chi connectivity index (χ1) is 16.1. The van der Waals surface area contributed by atoms with Crippen molar-refractivity contribution in [2.75, 3.05) is 32.8 Å². The number of aromatic nitrogens is 1. The minimum Gasteiger partial charge on any atom is -0.491 e. The first kappa shape index (κ1) is 23.3. The van der Waals surface area contributed by atoms with Gasteiger partial charge in [-0.25, -0.2) is 4.79 Å². The molecule has 1 aliphatic heterocycles. The summed E-state index contributed by atoms with van der Waals surface area (Å²) in [5.74, 6) is 0.00604. The van der Waals surface area contributed by atoms with Crippen molar-refractivity contribution >= 4 is 16.9 Å². The van der Waals surface area contributed by atoms with Crippen LogP contribution in [0.2, 0.25) is 0 Å². The lowest BCUT2D eigenvalue weighted by Gasteiger charge is -2.31. The van der Waals surface area contributed by atoms with E-state index in [9.17, 15) is 9.90 Å². The quantitative estimate of drug-likeness (QED) is 0.439. The van der Waals surface area contributed by atoms with Crippen LogP contribution in [-0.4, -0.2) is 53.4 Å². The lowest BCUT2D eigenvalue weighted by Crippen LogP contribution is -2.35. The molecule has 0 spiro atoms. The van der Waals surface area contributed by atoms with Crippen LogP contribution >= 0.6 is 0 Å². The van der Waals surface area contributed by atoms with Gasteiger partial charge in [0.1, 0.15) is 24.1 Å². The molecule has 1 fully saturated rings. The Bertz CT molecular complexity index is 1070. The van der Waals surface area contributed by atoms with Gasteiger partial charge in [0.15, 0.2) is 0 Å². The van der Waals surface area contributed by atoms with Crippen LogP contribution in [-0.2, 0) is 4.74 Å². The third-order valence-electron chi connectivity index (χ3n) is 6.54. The third kappa shape index (κ3) is 5.40. The van der Waals surface area contributed by atoms with Gasteiger partial charge in [0.2, 0.25) is 0 Å². The second-order valence-corrected chi connectivity index (χ2v) is 8.74. The van der Waals surface area contributed by atoms with Crippen molar-refractivity contribution in [3.8, 4) is 5.75 Å². The highest BCUT2D eigenvalue weighted by atomic mass is 16.5. The predicted molar refractivity (Wildman–Crippen MR) is 130 cm³/mol. The van der Waals surface area contributed by atoms with Gasteiger partial charge in [-0.3, -0.25) is 4.90 Å². The summed E-state index contributed by atoms with van der Waals surface area (Å²) in [6.07, 6.45) is 5.54. The zero-order chi connectivity index (χ0) is 23.2. The summed E-state index contributed by atoms with van der Waals surface area (Å²) >= 11 is 0. The average Bonchev–Trinajstić information content (AvgIpc) is 3.23. The lowest BCUT2D eigenvalue weighted by atomic mass is 9.89. The SMILES string of the molecule is CCCOC(C)n1cc(C2CCN(CCOc3ccccc3C(=O)O)CC2)c2ccccc21. The summed E-state index contributed by atoms with van der Waals surface area (Å²) in [7, 11) is 0. The van der Waals surface area contributed by atoms with E-state index in [0.717, 1.165) is 45.5 Å². The Balaban J connectivity index is 1.36. The topological polar surface area (TPSA) is 63.9 Å². The number of carboxylic acid groups (broad SMARTS) is 1. The molecule has 1 atom stereocenters. The van der Waals surface area contributed by atoms with Gasteiger partial charge in [0, 0.05) is 24.7 Å². The van der Waals surface area contributed by atoms with E-state index < -0.39 is 5.97 Å². The number of aromatic carboxylic acids is 1. The number of piperidine rings is 1. The van der Waals surface area contributed by atoms with Gasteiger partial charge < -0.3 is 19.1 Å². The fourth-order valence-electron chi connectivity index (χ4n) is 4.75. The van der Waals surface area contributed by atoms with E-state index in [-0.39, 0.29) is 11.8 Å². The molecule has 1 aliphatic rings. The van der Waals surface area contributed by atoms with Crippen LogP contribution in [0.25, 0.3) is 10.9 Å². The van der Waals surface area contributed by atoms with Crippen LogP contribution in [0.15, 0.2) is 54.7 Å².